The molecule has 2 rings (SSSR count). The van der Waals surface area contributed by atoms with Crippen LogP contribution in [0.1, 0.15) is 40.6 Å². The highest BCUT2D eigenvalue weighted by Gasteiger charge is 2.43. The van der Waals surface area contributed by atoms with E-state index in [-0.39, 0.29) is 24.3 Å². The van der Waals surface area contributed by atoms with Crippen LogP contribution in [0.3, 0.4) is 0 Å². The summed E-state index contributed by atoms with van der Waals surface area (Å²) in [4.78, 5) is 28.4. The van der Waals surface area contributed by atoms with Crippen molar-refractivity contribution in [3.63, 3.8) is 0 Å². The molecule has 0 spiro atoms. The number of likely N-dealkylation sites (tertiary alicyclic amines) is 1. The summed E-state index contributed by atoms with van der Waals surface area (Å²) in [5.41, 5.74) is -1.02. The minimum atomic E-state index is -1.18. The normalized spacial score (nSPS) is 16.8. The lowest BCUT2D eigenvalue weighted by Gasteiger charge is -2.46. The van der Waals surface area contributed by atoms with E-state index in [0.29, 0.717) is 6.42 Å². The van der Waals surface area contributed by atoms with Crippen LogP contribution in [-0.2, 0) is 0 Å². The highest BCUT2D eigenvalue weighted by atomic mass is 16.4. The number of carboxylic acids is 1. The molecule has 1 aromatic heterocycles. The number of carbonyl (C=O) groups excluding carboxylic acids is 1. The number of carbonyl (C=O) groups is 2. The zero-order valence-corrected chi connectivity index (χ0v) is 10.7. The minimum absolute atomic E-state index is 0.0754. The lowest BCUT2D eigenvalue weighted by atomic mass is 9.89. The van der Waals surface area contributed by atoms with Crippen molar-refractivity contribution in [3.8, 4) is 0 Å². The van der Waals surface area contributed by atoms with Crippen molar-refractivity contribution >= 4 is 11.9 Å². The van der Waals surface area contributed by atoms with Crippen LogP contribution < -0.4 is 0 Å². The molecule has 1 amide bonds. The van der Waals surface area contributed by atoms with Gasteiger partial charge in [-0.3, -0.25) is 9.78 Å². The van der Waals surface area contributed by atoms with Crippen molar-refractivity contribution in [3.05, 3.63) is 29.6 Å². The molecule has 1 fully saturated rings. The molecule has 2 N–H and O–H groups in total. The van der Waals surface area contributed by atoms with E-state index in [4.69, 9.17) is 5.11 Å². The highest BCUT2D eigenvalue weighted by molar-refractivity contribution is 6.03. The van der Waals surface area contributed by atoms with Crippen LogP contribution in [-0.4, -0.2) is 50.7 Å². The first kappa shape index (κ1) is 13.5. The summed E-state index contributed by atoms with van der Waals surface area (Å²) in [5, 5.41) is 19.0. The number of aliphatic hydroxyl groups is 1. The maximum atomic E-state index is 12.1. The molecule has 0 aliphatic carbocycles. The molecule has 2 heterocycles. The van der Waals surface area contributed by atoms with Crippen LogP contribution in [0.25, 0.3) is 0 Å². The fraction of sp³-hybridized carbons (Fsp3) is 0.462. The van der Waals surface area contributed by atoms with E-state index >= 15 is 0 Å². The van der Waals surface area contributed by atoms with Crippen LogP contribution in [0.2, 0.25) is 0 Å². The predicted octanol–water partition coefficient (Wildman–Crippen LogP) is 0.767. The number of carboxylic acid groups (broad SMARTS) is 1. The van der Waals surface area contributed by atoms with Crippen LogP contribution in [0, 0.1) is 0 Å². The molecule has 0 radical (unpaired) electrons. The Morgan fingerprint density at radius 2 is 2.16 bits per heavy atom. The summed E-state index contributed by atoms with van der Waals surface area (Å²) in [6, 6.07) is 2.82. The standard InChI is InChI=1S/C13H16N2O4/c1-2-5-13(19)7-15(8-13)11(16)10-9(12(17)18)4-3-6-14-10/h3-4,6,19H,2,5,7-8H2,1H3,(H,17,18). The summed E-state index contributed by atoms with van der Waals surface area (Å²) in [5.74, 6) is -1.63. The molecule has 0 bridgehead atoms. The van der Waals surface area contributed by atoms with Crippen molar-refractivity contribution < 1.29 is 19.8 Å². The Labute approximate surface area is 110 Å². The molecule has 6 nitrogen and oxygen atoms in total. The Kier molecular flexibility index (Phi) is 3.53. The van der Waals surface area contributed by atoms with Gasteiger partial charge in [-0.1, -0.05) is 13.3 Å². The second-order valence-electron chi connectivity index (χ2n) is 4.84. The van der Waals surface area contributed by atoms with Gasteiger partial charge in [-0.2, -0.15) is 0 Å². The van der Waals surface area contributed by atoms with Gasteiger partial charge in [0.25, 0.3) is 5.91 Å². The number of amides is 1. The Morgan fingerprint density at radius 3 is 2.74 bits per heavy atom. The fourth-order valence-corrected chi connectivity index (χ4v) is 2.33. The van der Waals surface area contributed by atoms with E-state index in [1.165, 1.54) is 23.2 Å². The third-order valence-corrected chi connectivity index (χ3v) is 3.21. The molecule has 0 atom stereocenters. The van der Waals surface area contributed by atoms with Gasteiger partial charge in [-0.25, -0.2) is 4.79 Å². The maximum Gasteiger partial charge on any atom is 0.338 e. The number of nitrogens with zero attached hydrogens (tertiary/aromatic N) is 2. The summed E-state index contributed by atoms with van der Waals surface area (Å²) < 4.78 is 0. The minimum Gasteiger partial charge on any atom is -0.478 e. The molecule has 102 valence electrons. The van der Waals surface area contributed by atoms with Crippen molar-refractivity contribution in [2.75, 3.05) is 13.1 Å². The maximum absolute atomic E-state index is 12.1. The van der Waals surface area contributed by atoms with E-state index in [1.807, 2.05) is 6.92 Å². The number of aromatic nitrogens is 1. The fourth-order valence-electron chi connectivity index (χ4n) is 2.33. The van der Waals surface area contributed by atoms with Gasteiger partial charge in [0.05, 0.1) is 24.3 Å². The van der Waals surface area contributed by atoms with Gasteiger partial charge in [0.2, 0.25) is 0 Å². The first-order chi connectivity index (χ1) is 8.97. The topological polar surface area (TPSA) is 90.7 Å². The second-order valence-corrected chi connectivity index (χ2v) is 4.84. The Hall–Kier alpha value is -1.95. The first-order valence-corrected chi connectivity index (χ1v) is 6.17. The number of rotatable bonds is 4. The summed E-state index contributed by atoms with van der Waals surface area (Å²) in [6.07, 6.45) is 2.85. The zero-order valence-electron chi connectivity index (χ0n) is 10.7. The number of hydrogen-bond acceptors (Lipinski definition) is 4. The molecular formula is C13H16N2O4. The molecular weight excluding hydrogens is 248 g/mol. The quantitative estimate of drug-likeness (QED) is 0.838. The third kappa shape index (κ3) is 2.58. The molecule has 1 saturated heterocycles. The summed E-state index contributed by atoms with van der Waals surface area (Å²) in [6.45, 7) is 2.42. The van der Waals surface area contributed by atoms with Crippen molar-refractivity contribution in [2.24, 2.45) is 0 Å². The van der Waals surface area contributed by atoms with Crippen molar-refractivity contribution in [2.45, 2.75) is 25.4 Å². The van der Waals surface area contributed by atoms with Gasteiger partial charge < -0.3 is 15.1 Å². The van der Waals surface area contributed by atoms with Crippen LogP contribution in [0.5, 0.6) is 0 Å². The van der Waals surface area contributed by atoms with Gasteiger partial charge in [-0.15, -0.1) is 0 Å². The molecule has 0 saturated carbocycles. The van der Waals surface area contributed by atoms with Gasteiger partial charge >= 0.3 is 5.97 Å². The molecule has 1 aromatic rings. The van der Waals surface area contributed by atoms with E-state index < -0.39 is 17.5 Å². The van der Waals surface area contributed by atoms with Gasteiger partial charge in [0.1, 0.15) is 5.69 Å². The number of aromatic carboxylic acids is 1. The van der Waals surface area contributed by atoms with E-state index in [1.54, 1.807) is 0 Å². The average molecular weight is 264 g/mol. The average Bonchev–Trinajstić information content (AvgIpc) is 2.35. The van der Waals surface area contributed by atoms with Crippen LogP contribution >= 0.6 is 0 Å². The van der Waals surface area contributed by atoms with Crippen molar-refractivity contribution in [1.82, 2.24) is 9.88 Å². The van der Waals surface area contributed by atoms with Gasteiger partial charge in [0.15, 0.2) is 0 Å². The van der Waals surface area contributed by atoms with Gasteiger partial charge in [-0.05, 0) is 18.6 Å². The molecule has 6 heteroatoms. The summed E-state index contributed by atoms with van der Waals surface area (Å²) in [7, 11) is 0. The van der Waals surface area contributed by atoms with Gasteiger partial charge in [0, 0.05) is 6.20 Å². The SMILES string of the molecule is CCCC1(O)CN(C(=O)c2ncccc2C(=O)O)C1. The Balaban J connectivity index is 2.13. The first-order valence-electron chi connectivity index (χ1n) is 6.17. The van der Waals surface area contributed by atoms with Crippen LogP contribution in [0.4, 0.5) is 0 Å². The predicted molar refractivity (Wildman–Crippen MR) is 67.0 cm³/mol. The third-order valence-electron chi connectivity index (χ3n) is 3.21. The number of β-amino-alcohol motifs (C(OH)–C–C–N with tert-alkyl or cyclic N) is 1. The molecule has 0 aromatic carbocycles. The smallest absolute Gasteiger partial charge is 0.338 e. The van der Waals surface area contributed by atoms with E-state index in [2.05, 4.69) is 4.98 Å². The number of pyridine rings is 1. The zero-order chi connectivity index (χ0) is 14.0. The lowest BCUT2D eigenvalue weighted by molar-refractivity contribution is -0.0861. The Morgan fingerprint density at radius 1 is 1.47 bits per heavy atom. The Bertz CT molecular complexity index is 509. The monoisotopic (exact) mass is 264 g/mol. The molecule has 1 aliphatic heterocycles. The van der Waals surface area contributed by atoms with E-state index in [0.717, 1.165) is 6.42 Å². The molecule has 0 unspecified atom stereocenters. The van der Waals surface area contributed by atoms with Crippen molar-refractivity contribution in [1.29, 1.82) is 0 Å². The number of hydrogen-bond donors (Lipinski definition) is 2. The molecule has 19 heavy (non-hydrogen) atoms. The van der Waals surface area contributed by atoms with E-state index in [9.17, 15) is 14.7 Å². The lowest BCUT2D eigenvalue weighted by Crippen LogP contribution is -2.63. The largest absolute Gasteiger partial charge is 0.478 e. The molecule has 1 aliphatic rings. The second kappa shape index (κ2) is 4.97. The highest BCUT2D eigenvalue weighted by Crippen LogP contribution is 2.27. The van der Waals surface area contributed by atoms with Crippen LogP contribution in [0.15, 0.2) is 18.3 Å². The summed E-state index contributed by atoms with van der Waals surface area (Å²) >= 11 is 0.